The molecule has 0 spiro atoms. The number of H-pyrrole nitrogens is 1. The van der Waals surface area contributed by atoms with Crippen molar-refractivity contribution in [1.29, 1.82) is 0 Å². The lowest BCUT2D eigenvalue weighted by Gasteiger charge is -1.98. The first kappa shape index (κ1) is 11.9. The largest absolute Gasteiger partial charge is 0.375 e. The maximum atomic E-state index is 5.61. The van der Waals surface area contributed by atoms with Crippen molar-refractivity contribution < 1.29 is 0 Å². The van der Waals surface area contributed by atoms with Crippen LogP contribution in [-0.4, -0.2) is 20.2 Å². The van der Waals surface area contributed by atoms with Gasteiger partial charge in [0.1, 0.15) is 5.82 Å². The lowest BCUT2D eigenvalue weighted by Crippen LogP contribution is -1.92. The third-order valence-corrected chi connectivity index (χ3v) is 3.56. The Balaban J connectivity index is 1.86. The van der Waals surface area contributed by atoms with Crippen molar-refractivity contribution in [2.24, 2.45) is 0 Å². The Kier molecular flexibility index (Phi) is 3.00. The van der Waals surface area contributed by atoms with E-state index < -0.39 is 0 Å². The van der Waals surface area contributed by atoms with Crippen LogP contribution in [0.1, 0.15) is 17.1 Å². The molecule has 0 unspecified atom stereocenters. The summed E-state index contributed by atoms with van der Waals surface area (Å²) in [6.07, 6.45) is 0.618. The second-order valence-corrected chi connectivity index (χ2v) is 5.16. The van der Waals surface area contributed by atoms with Crippen molar-refractivity contribution in [1.82, 2.24) is 20.2 Å². The summed E-state index contributed by atoms with van der Waals surface area (Å²) in [5, 5.41) is 9.72. The Hall–Kier alpha value is -2.21. The molecule has 3 N–H and O–H groups in total. The number of rotatable bonds is 3. The zero-order valence-electron chi connectivity index (χ0n) is 10.4. The average molecular weight is 271 g/mol. The van der Waals surface area contributed by atoms with E-state index in [2.05, 4.69) is 20.2 Å². The SMILES string of the molecule is Cc1ccccc1-c1n[nH]c(Cc2csc(N)n2)n1. The molecule has 96 valence electrons. The number of aromatic nitrogens is 4. The van der Waals surface area contributed by atoms with E-state index in [1.807, 2.05) is 36.6 Å². The minimum absolute atomic E-state index is 0.577. The molecule has 2 heterocycles. The fourth-order valence-electron chi connectivity index (χ4n) is 1.89. The molecule has 3 rings (SSSR count). The molecule has 0 atom stereocenters. The Morgan fingerprint density at radius 1 is 1.26 bits per heavy atom. The summed E-state index contributed by atoms with van der Waals surface area (Å²) >= 11 is 1.43. The summed E-state index contributed by atoms with van der Waals surface area (Å²) in [5.41, 5.74) is 8.72. The summed E-state index contributed by atoms with van der Waals surface area (Å²) < 4.78 is 0. The maximum Gasteiger partial charge on any atom is 0.181 e. The number of hydrogen-bond donors (Lipinski definition) is 2. The first-order chi connectivity index (χ1) is 9.22. The number of nitrogens with two attached hydrogens (primary N) is 1. The minimum Gasteiger partial charge on any atom is -0.375 e. The summed E-state index contributed by atoms with van der Waals surface area (Å²) in [6.45, 7) is 2.05. The molecule has 0 saturated heterocycles. The van der Waals surface area contributed by atoms with Gasteiger partial charge in [0.25, 0.3) is 0 Å². The normalized spacial score (nSPS) is 10.8. The van der Waals surface area contributed by atoms with Gasteiger partial charge in [0.2, 0.25) is 0 Å². The van der Waals surface area contributed by atoms with E-state index in [9.17, 15) is 0 Å². The first-order valence-electron chi connectivity index (χ1n) is 5.89. The predicted molar refractivity (Wildman–Crippen MR) is 75.9 cm³/mol. The molecule has 3 aromatic rings. The van der Waals surface area contributed by atoms with Gasteiger partial charge in [-0.05, 0) is 12.5 Å². The Morgan fingerprint density at radius 3 is 2.84 bits per heavy atom. The number of anilines is 1. The van der Waals surface area contributed by atoms with Gasteiger partial charge in [0.05, 0.1) is 12.1 Å². The second-order valence-electron chi connectivity index (χ2n) is 4.27. The number of nitrogen functional groups attached to an aromatic ring is 1. The van der Waals surface area contributed by atoms with E-state index >= 15 is 0 Å². The van der Waals surface area contributed by atoms with Gasteiger partial charge in [-0.25, -0.2) is 9.97 Å². The molecule has 0 aliphatic carbocycles. The molecule has 0 bridgehead atoms. The zero-order chi connectivity index (χ0) is 13.2. The van der Waals surface area contributed by atoms with Crippen LogP contribution < -0.4 is 5.73 Å². The Bertz CT molecular complexity index is 700. The van der Waals surface area contributed by atoms with Gasteiger partial charge in [0.15, 0.2) is 11.0 Å². The number of benzene rings is 1. The first-order valence-corrected chi connectivity index (χ1v) is 6.77. The highest BCUT2D eigenvalue weighted by atomic mass is 32.1. The molecule has 6 heteroatoms. The van der Waals surface area contributed by atoms with Crippen LogP contribution in [0.5, 0.6) is 0 Å². The van der Waals surface area contributed by atoms with Crippen molar-refractivity contribution in [3.63, 3.8) is 0 Å². The summed E-state index contributed by atoms with van der Waals surface area (Å²) in [4.78, 5) is 8.72. The Morgan fingerprint density at radius 2 is 2.11 bits per heavy atom. The molecular formula is C13H13N5S. The van der Waals surface area contributed by atoms with E-state index in [-0.39, 0.29) is 0 Å². The molecule has 0 saturated carbocycles. The van der Waals surface area contributed by atoms with Gasteiger partial charge < -0.3 is 5.73 Å². The molecule has 1 aromatic carbocycles. The molecule has 19 heavy (non-hydrogen) atoms. The van der Waals surface area contributed by atoms with Gasteiger partial charge >= 0.3 is 0 Å². The Labute approximate surface area is 114 Å². The number of nitrogens with one attached hydrogen (secondary N) is 1. The van der Waals surface area contributed by atoms with Crippen LogP contribution >= 0.6 is 11.3 Å². The lowest BCUT2D eigenvalue weighted by molar-refractivity contribution is 0.952. The van der Waals surface area contributed by atoms with E-state index in [1.54, 1.807) is 0 Å². The van der Waals surface area contributed by atoms with Gasteiger partial charge in [-0.2, -0.15) is 5.10 Å². The lowest BCUT2D eigenvalue weighted by atomic mass is 10.1. The minimum atomic E-state index is 0.577. The van der Waals surface area contributed by atoms with Crippen molar-refractivity contribution in [3.8, 4) is 11.4 Å². The van der Waals surface area contributed by atoms with Crippen molar-refractivity contribution in [3.05, 3.63) is 46.7 Å². The highest BCUT2D eigenvalue weighted by Gasteiger charge is 2.09. The van der Waals surface area contributed by atoms with Gasteiger partial charge in [-0.3, -0.25) is 5.10 Å². The molecular weight excluding hydrogens is 258 g/mol. The average Bonchev–Trinajstić information content (AvgIpc) is 3.00. The third-order valence-electron chi connectivity index (χ3n) is 2.84. The highest BCUT2D eigenvalue weighted by molar-refractivity contribution is 7.13. The summed E-state index contributed by atoms with van der Waals surface area (Å²) in [7, 11) is 0. The fourth-order valence-corrected chi connectivity index (χ4v) is 2.46. The van der Waals surface area contributed by atoms with Crippen LogP contribution in [0, 0.1) is 6.92 Å². The van der Waals surface area contributed by atoms with Crippen LogP contribution in [0.3, 0.4) is 0 Å². The predicted octanol–water partition coefficient (Wildman–Crippen LogP) is 2.41. The van der Waals surface area contributed by atoms with Crippen LogP contribution in [0.15, 0.2) is 29.6 Å². The zero-order valence-corrected chi connectivity index (χ0v) is 11.2. The summed E-state index contributed by atoms with van der Waals surface area (Å²) in [6, 6.07) is 8.06. The molecule has 2 aromatic heterocycles. The molecule has 5 nitrogen and oxygen atoms in total. The van der Waals surface area contributed by atoms with Crippen molar-refractivity contribution >= 4 is 16.5 Å². The molecule has 0 fully saturated rings. The van der Waals surface area contributed by atoms with E-state index in [1.165, 1.54) is 11.3 Å². The van der Waals surface area contributed by atoms with Crippen molar-refractivity contribution in [2.45, 2.75) is 13.3 Å². The quantitative estimate of drug-likeness (QED) is 0.766. The topological polar surface area (TPSA) is 80.5 Å². The van der Waals surface area contributed by atoms with Crippen molar-refractivity contribution in [2.75, 3.05) is 5.73 Å². The van der Waals surface area contributed by atoms with Gasteiger partial charge in [0, 0.05) is 10.9 Å². The monoisotopic (exact) mass is 271 g/mol. The van der Waals surface area contributed by atoms with E-state index in [4.69, 9.17) is 5.73 Å². The number of hydrogen-bond acceptors (Lipinski definition) is 5. The number of aromatic amines is 1. The smallest absolute Gasteiger partial charge is 0.181 e. The van der Waals surface area contributed by atoms with E-state index in [0.717, 1.165) is 28.5 Å². The molecule has 0 aliphatic rings. The fraction of sp³-hybridized carbons (Fsp3) is 0.154. The number of thiazole rings is 1. The van der Waals surface area contributed by atoms with Gasteiger partial charge in [-0.15, -0.1) is 11.3 Å². The van der Waals surface area contributed by atoms with Crippen LogP contribution in [0.25, 0.3) is 11.4 Å². The highest BCUT2D eigenvalue weighted by Crippen LogP contribution is 2.20. The maximum absolute atomic E-state index is 5.61. The van der Waals surface area contributed by atoms with Crippen LogP contribution in [-0.2, 0) is 6.42 Å². The molecule has 0 amide bonds. The number of aryl methyl sites for hydroxylation is 1. The summed E-state index contributed by atoms with van der Waals surface area (Å²) in [5.74, 6) is 1.51. The van der Waals surface area contributed by atoms with Crippen LogP contribution in [0.4, 0.5) is 5.13 Å². The standard InChI is InChI=1S/C13H13N5S/c1-8-4-2-3-5-10(8)12-16-11(17-18-12)6-9-7-19-13(14)15-9/h2-5,7H,6H2,1H3,(H2,14,15)(H,16,17,18). The van der Waals surface area contributed by atoms with E-state index in [0.29, 0.717) is 11.6 Å². The third kappa shape index (κ3) is 2.48. The molecule has 0 radical (unpaired) electrons. The number of nitrogens with zero attached hydrogens (tertiary/aromatic N) is 3. The molecule has 0 aliphatic heterocycles. The van der Waals surface area contributed by atoms with Gasteiger partial charge in [-0.1, -0.05) is 24.3 Å². The second kappa shape index (κ2) is 4.81. The van der Waals surface area contributed by atoms with Crippen LogP contribution in [0.2, 0.25) is 0 Å².